The van der Waals surface area contributed by atoms with Crippen LogP contribution in [0.25, 0.3) is 0 Å². The zero-order valence-electron chi connectivity index (χ0n) is 10.3. The number of nitrogens with one attached hydrogen (secondary N) is 1. The van der Waals surface area contributed by atoms with E-state index in [1.807, 2.05) is 19.1 Å². The zero-order valence-corrected chi connectivity index (χ0v) is 10.3. The molecule has 2 rings (SSSR count). The summed E-state index contributed by atoms with van der Waals surface area (Å²) >= 11 is 0. The molecule has 3 nitrogen and oxygen atoms in total. The molecule has 0 spiro atoms. The van der Waals surface area contributed by atoms with Crippen molar-refractivity contribution in [2.45, 2.75) is 6.92 Å². The van der Waals surface area contributed by atoms with E-state index in [4.69, 9.17) is 5.26 Å². The SMILES string of the molecule is Cc1cccc(NC(=O)c2ccc(C#N)cc2F)c1. The van der Waals surface area contributed by atoms with Gasteiger partial charge in [-0.3, -0.25) is 4.79 Å². The Hall–Kier alpha value is -2.67. The second-order valence-corrected chi connectivity index (χ2v) is 4.13. The van der Waals surface area contributed by atoms with E-state index in [0.29, 0.717) is 5.69 Å². The van der Waals surface area contributed by atoms with Gasteiger partial charge in [-0.05, 0) is 42.8 Å². The first-order chi connectivity index (χ1) is 9.10. The van der Waals surface area contributed by atoms with Crippen LogP contribution < -0.4 is 5.32 Å². The molecule has 0 saturated carbocycles. The van der Waals surface area contributed by atoms with Crippen molar-refractivity contribution in [3.8, 4) is 6.07 Å². The van der Waals surface area contributed by atoms with Gasteiger partial charge in [-0.25, -0.2) is 4.39 Å². The topological polar surface area (TPSA) is 52.9 Å². The van der Waals surface area contributed by atoms with Gasteiger partial charge in [-0.15, -0.1) is 0 Å². The first kappa shape index (κ1) is 12.8. The van der Waals surface area contributed by atoms with Gasteiger partial charge in [0.2, 0.25) is 0 Å². The maximum atomic E-state index is 13.7. The zero-order chi connectivity index (χ0) is 13.8. The lowest BCUT2D eigenvalue weighted by molar-refractivity contribution is 0.102. The number of nitriles is 1. The molecule has 0 fully saturated rings. The van der Waals surface area contributed by atoms with E-state index in [-0.39, 0.29) is 11.1 Å². The summed E-state index contributed by atoms with van der Waals surface area (Å²) in [5.74, 6) is -1.24. The van der Waals surface area contributed by atoms with Crippen LogP contribution in [0.4, 0.5) is 10.1 Å². The Labute approximate surface area is 110 Å². The molecule has 0 bridgehead atoms. The number of nitrogens with zero attached hydrogens (tertiary/aromatic N) is 1. The molecule has 1 amide bonds. The third-order valence-electron chi connectivity index (χ3n) is 2.62. The van der Waals surface area contributed by atoms with E-state index in [1.54, 1.807) is 18.2 Å². The van der Waals surface area contributed by atoms with Gasteiger partial charge in [0, 0.05) is 5.69 Å². The second kappa shape index (κ2) is 5.32. The molecule has 0 aliphatic rings. The molecule has 0 atom stereocenters. The van der Waals surface area contributed by atoms with Gasteiger partial charge in [0.1, 0.15) is 5.82 Å². The lowest BCUT2D eigenvalue weighted by atomic mass is 10.1. The maximum absolute atomic E-state index is 13.7. The van der Waals surface area contributed by atoms with Gasteiger partial charge in [0.15, 0.2) is 0 Å². The van der Waals surface area contributed by atoms with Crippen molar-refractivity contribution in [1.29, 1.82) is 5.26 Å². The largest absolute Gasteiger partial charge is 0.322 e. The Balaban J connectivity index is 2.23. The molecule has 19 heavy (non-hydrogen) atoms. The van der Waals surface area contributed by atoms with Crippen LogP contribution in [0, 0.1) is 24.1 Å². The summed E-state index contributed by atoms with van der Waals surface area (Å²) in [6.45, 7) is 1.90. The molecule has 94 valence electrons. The van der Waals surface area contributed by atoms with Crippen molar-refractivity contribution in [2.75, 3.05) is 5.32 Å². The first-order valence-electron chi connectivity index (χ1n) is 5.68. The van der Waals surface area contributed by atoms with Gasteiger partial charge >= 0.3 is 0 Å². The van der Waals surface area contributed by atoms with Gasteiger partial charge < -0.3 is 5.32 Å². The average Bonchev–Trinajstić information content (AvgIpc) is 2.38. The van der Waals surface area contributed by atoms with Gasteiger partial charge in [-0.2, -0.15) is 5.26 Å². The van der Waals surface area contributed by atoms with Crippen molar-refractivity contribution in [3.63, 3.8) is 0 Å². The minimum atomic E-state index is -0.704. The summed E-state index contributed by atoms with van der Waals surface area (Å²) < 4.78 is 13.7. The molecule has 0 heterocycles. The van der Waals surface area contributed by atoms with Crippen molar-refractivity contribution in [1.82, 2.24) is 0 Å². The molecule has 2 aromatic carbocycles. The predicted molar refractivity (Wildman–Crippen MR) is 70.2 cm³/mol. The van der Waals surface area contributed by atoms with E-state index in [0.717, 1.165) is 11.6 Å². The molecule has 0 aliphatic heterocycles. The number of rotatable bonds is 2. The van der Waals surface area contributed by atoms with Crippen LogP contribution in [-0.4, -0.2) is 5.91 Å². The molecule has 0 aliphatic carbocycles. The molecular formula is C15H11FN2O. The number of hydrogen-bond acceptors (Lipinski definition) is 2. The highest BCUT2D eigenvalue weighted by atomic mass is 19.1. The molecule has 0 unspecified atom stereocenters. The van der Waals surface area contributed by atoms with Crippen LogP contribution in [0.5, 0.6) is 0 Å². The summed E-state index contributed by atoms with van der Waals surface area (Å²) in [6, 6.07) is 12.8. The highest BCUT2D eigenvalue weighted by molar-refractivity contribution is 6.04. The molecule has 0 aromatic heterocycles. The van der Waals surface area contributed by atoms with Crippen LogP contribution in [-0.2, 0) is 0 Å². The number of halogens is 1. The number of carbonyl (C=O) groups is 1. The van der Waals surface area contributed by atoms with E-state index in [2.05, 4.69) is 5.32 Å². The lowest BCUT2D eigenvalue weighted by Gasteiger charge is -2.07. The lowest BCUT2D eigenvalue weighted by Crippen LogP contribution is -2.13. The fourth-order valence-corrected chi connectivity index (χ4v) is 1.69. The number of benzene rings is 2. The number of amides is 1. The fourth-order valence-electron chi connectivity index (χ4n) is 1.69. The predicted octanol–water partition coefficient (Wildman–Crippen LogP) is 3.26. The number of aryl methyl sites for hydroxylation is 1. The fraction of sp³-hybridized carbons (Fsp3) is 0.0667. The Morgan fingerprint density at radius 3 is 2.68 bits per heavy atom. The Morgan fingerprint density at radius 1 is 1.26 bits per heavy atom. The standard InChI is InChI=1S/C15H11FN2O/c1-10-3-2-4-12(7-10)18-15(19)13-6-5-11(9-17)8-14(13)16/h2-8H,1H3,(H,18,19). The van der Waals surface area contributed by atoms with Crippen molar-refractivity contribution in [3.05, 3.63) is 65.0 Å². The van der Waals surface area contributed by atoms with Crippen molar-refractivity contribution < 1.29 is 9.18 Å². The average molecular weight is 254 g/mol. The Morgan fingerprint density at radius 2 is 2.05 bits per heavy atom. The van der Waals surface area contributed by atoms with Crippen LogP contribution in [0.2, 0.25) is 0 Å². The van der Waals surface area contributed by atoms with Crippen LogP contribution in [0.1, 0.15) is 21.5 Å². The minimum Gasteiger partial charge on any atom is -0.322 e. The molecule has 2 aromatic rings. The van der Waals surface area contributed by atoms with Gasteiger partial charge in [0.25, 0.3) is 5.91 Å². The summed E-state index contributed by atoms with van der Waals surface area (Å²) in [5, 5.41) is 11.3. The number of carbonyl (C=O) groups excluding carboxylic acids is 1. The smallest absolute Gasteiger partial charge is 0.258 e. The number of anilines is 1. The maximum Gasteiger partial charge on any atom is 0.258 e. The summed E-state index contributed by atoms with van der Waals surface area (Å²) in [7, 11) is 0. The molecular weight excluding hydrogens is 243 g/mol. The molecule has 0 saturated heterocycles. The van der Waals surface area contributed by atoms with E-state index >= 15 is 0 Å². The van der Waals surface area contributed by atoms with Crippen LogP contribution in [0.3, 0.4) is 0 Å². The third kappa shape index (κ3) is 2.96. The van der Waals surface area contributed by atoms with E-state index < -0.39 is 11.7 Å². The third-order valence-corrected chi connectivity index (χ3v) is 2.62. The highest BCUT2D eigenvalue weighted by Crippen LogP contribution is 2.14. The second-order valence-electron chi connectivity index (χ2n) is 4.13. The van der Waals surface area contributed by atoms with Crippen LogP contribution >= 0.6 is 0 Å². The Bertz CT molecular complexity index is 674. The highest BCUT2D eigenvalue weighted by Gasteiger charge is 2.12. The molecule has 0 radical (unpaired) electrons. The quantitative estimate of drug-likeness (QED) is 0.894. The molecule has 4 heteroatoms. The van der Waals surface area contributed by atoms with Crippen molar-refractivity contribution >= 4 is 11.6 Å². The summed E-state index contributed by atoms with van der Waals surface area (Å²) in [4.78, 5) is 11.9. The van der Waals surface area contributed by atoms with Crippen molar-refractivity contribution in [2.24, 2.45) is 0 Å². The minimum absolute atomic E-state index is 0.0829. The normalized spacial score (nSPS) is 9.74. The van der Waals surface area contributed by atoms with E-state index in [9.17, 15) is 9.18 Å². The van der Waals surface area contributed by atoms with E-state index in [1.165, 1.54) is 12.1 Å². The monoisotopic (exact) mass is 254 g/mol. The first-order valence-corrected chi connectivity index (χ1v) is 5.68. The van der Waals surface area contributed by atoms with Gasteiger partial charge in [0.05, 0.1) is 17.2 Å². The summed E-state index contributed by atoms with van der Waals surface area (Å²) in [5.41, 5.74) is 1.71. The number of hydrogen-bond donors (Lipinski definition) is 1. The summed E-state index contributed by atoms with van der Waals surface area (Å²) in [6.07, 6.45) is 0. The molecule has 1 N–H and O–H groups in total. The Kier molecular flexibility index (Phi) is 3.58. The van der Waals surface area contributed by atoms with Crippen LogP contribution in [0.15, 0.2) is 42.5 Å². The van der Waals surface area contributed by atoms with Gasteiger partial charge in [-0.1, -0.05) is 12.1 Å².